The molecule has 108 valence electrons. The third kappa shape index (κ3) is 2.28. The molecule has 3 aliphatic rings. The van der Waals surface area contributed by atoms with Crippen molar-refractivity contribution in [3.63, 3.8) is 0 Å². The minimum atomic E-state index is 0.297. The molecule has 1 aromatic carbocycles. The van der Waals surface area contributed by atoms with Crippen molar-refractivity contribution in [1.82, 2.24) is 4.90 Å². The van der Waals surface area contributed by atoms with Crippen molar-refractivity contribution < 1.29 is 4.74 Å². The number of ether oxygens (including phenoxy) is 1. The number of anilines is 1. The van der Waals surface area contributed by atoms with Gasteiger partial charge in [0.2, 0.25) is 0 Å². The molecule has 0 spiro atoms. The first-order chi connectivity index (χ1) is 9.90. The van der Waals surface area contributed by atoms with Crippen LogP contribution in [0.1, 0.15) is 32.1 Å². The Labute approximate surface area is 121 Å². The van der Waals surface area contributed by atoms with E-state index in [1.54, 1.807) is 0 Å². The summed E-state index contributed by atoms with van der Waals surface area (Å²) in [6.07, 6.45) is 7.43. The van der Waals surface area contributed by atoms with Crippen LogP contribution in [-0.4, -0.2) is 36.7 Å². The summed E-state index contributed by atoms with van der Waals surface area (Å²) in [6, 6.07) is 9.11. The first-order valence-electron chi connectivity index (χ1n) is 8.14. The molecule has 1 aliphatic carbocycles. The van der Waals surface area contributed by atoms with Crippen molar-refractivity contribution in [1.29, 1.82) is 0 Å². The summed E-state index contributed by atoms with van der Waals surface area (Å²) in [5.74, 6) is 1.98. The van der Waals surface area contributed by atoms with E-state index < -0.39 is 0 Å². The Morgan fingerprint density at radius 2 is 2.05 bits per heavy atom. The van der Waals surface area contributed by atoms with Gasteiger partial charge in [0.1, 0.15) is 11.9 Å². The van der Waals surface area contributed by atoms with Crippen molar-refractivity contribution in [2.45, 2.75) is 44.2 Å². The van der Waals surface area contributed by atoms with E-state index in [1.807, 2.05) is 0 Å². The number of rotatable bonds is 2. The summed E-state index contributed by atoms with van der Waals surface area (Å²) in [7, 11) is 0. The van der Waals surface area contributed by atoms with Gasteiger partial charge in [-0.15, -0.1) is 0 Å². The minimum absolute atomic E-state index is 0.297. The molecule has 0 bridgehead atoms. The van der Waals surface area contributed by atoms with E-state index in [9.17, 15) is 0 Å². The number of likely N-dealkylation sites (tertiary alicyclic amines) is 1. The van der Waals surface area contributed by atoms with Crippen LogP contribution in [-0.2, 0) is 0 Å². The van der Waals surface area contributed by atoms with Crippen LogP contribution in [0, 0.1) is 5.92 Å². The van der Waals surface area contributed by atoms with Gasteiger partial charge in [-0.2, -0.15) is 0 Å². The molecule has 0 aromatic heterocycles. The number of nitrogens with zero attached hydrogens (tertiary/aromatic N) is 1. The Hall–Kier alpha value is -1.22. The third-order valence-corrected chi connectivity index (χ3v) is 5.26. The molecule has 1 saturated carbocycles. The molecule has 3 atom stereocenters. The lowest BCUT2D eigenvalue weighted by molar-refractivity contribution is 0.107. The van der Waals surface area contributed by atoms with E-state index in [-0.39, 0.29) is 0 Å². The molecule has 2 aliphatic heterocycles. The quantitative estimate of drug-likeness (QED) is 0.895. The molecule has 1 aromatic rings. The lowest BCUT2D eigenvalue weighted by Crippen LogP contribution is -2.45. The van der Waals surface area contributed by atoms with Crippen LogP contribution in [0.5, 0.6) is 5.75 Å². The molecule has 3 heteroatoms. The number of hydrogen-bond acceptors (Lipinski definition) is 3. The number of para-hydroxylation sites is 2. The molecule has 20 heavy (non-hydrogen) atoms. The summed E-state index contributed by atoms with van der Waals surface area (Å²) < 4.78 is 6.17. The molecule has 0 radical (unpaired) electrons. The summed E-state index contributed by atoms with van der Waals surface area (Å²) in [4.78, 5) is 2.70. The average Bonchev–Trinajstić information content (AvgIpc) is 2.91. The SMILES string of the molecule is c1ccc2c(c1)NCC(CN1CCC3CCCCC31)O2. The Morgan fingerprint density at radius 3 is 3.05 bits per heavy atom. The molecule has 0 amide bonds. The maximum atomic E-state index is 6.17. The lowest BCUT2D eigenvalue weighted by Gasteiger charge is -2.35. The largest absolute Gasteiger partial charge is 0.485 e. The molecule has 4 rings (SSSR count). The van der Waals surface area contributed by atoms with E-state index in [0.29, 0.717) is 6.10 Å². The van der Waals surface area contributed by atoms with Gasteiger partial charge in [0.05, 0.1) is 12.2 Å². The molecular formula is C17H24N2O. The van der Waals surface area contributed by atoms with Gasteiger partial charge in [-0.05, 0) is 43.9 Å². The summed E-state index contributed by atoms with van der Waals surface area (Å²) in [5, 5.41) is 3.51. The Balaban J connectivity index is 1.41. The Bertz CT molecular complexity index is 476. The van der Waals surface area contributed by atoms with Crippen LogP contribution >= 0.6 is 0 Å². The van der Waals surface area contributed by atoms with Gasteiger partial charge in [0.15, 0.2) is 0 Å². The maximum Gasteiger partial charge on any atom is 0.142 e. The van der Waals surface area contributed by atoms with Gasteiger partial charge in [0, 0.05) is 12.6 Å². The third-order valence-electron chi connectivity index (χ3n) is 5.26. The second-order valence-corrected chi connectivity index (χ2v) is 6.51. The molecule has 3 unspecified atom stereocenters. The smallest absolute Gasteiger partial charge is 0.142 e. The zero-order chi connectivity index (χ0) is 13.4. The number of benzene rings is 1. The standard InChI is InChI=1S/C17H24N2O/c1-3-7-16-13(5-1)9-10-19(16)12-14-11-18-15-6-2-4-8-17(15)20-14/h2,4,6,8,13-14,16,18H,1,3,5,7,9-12H2. The van der Waals surface area contributed by atoms with Crippen LogP contribution in [0.3, 0.4) is 0 Å². The van der Waals surface area contributed by atoms with Crippen molar-refractivity contribution in [3.05, 3.63) is 24.3 Å². The van der Waals surface area contributed by atoms with E-state index in [0.717, 1.165) is 36.5 Å². The zero-order valence-electron chi connectivity index (χ0n) is 12.1. The monoisotopic (exact) mass is 272 g/mol. The molecule has 2 fully saturated rings. The molecule has 1 N–H and O–H groups in total. The maximum absolute atomic E-state index is 6.17. The fourth-order valence-corrected chi connectivity index (χ4v) is 4.25. The highest BCUT2D eigenvalue weighted by atomic mass is 16.5. The fourth-order valence-electron chi connectivity index (χ4n) is 4.25. The van der Waals surface area contributed by atoms with Crippen molar-refractivity contribution in [2.24, 2.45) is 5.92 Å². The van der Waals surface area contributed by atoms with Crippen LogP contribution in [0.4, 0.5) is 5.69 Å². The summed E-state index contributed by atoms with van der Waals surface area (Å²) in [5.41, 5.74) is 1.14. The number of hydrogen-bond donors (Lipinski definition) is 1. The number of nitrogens with one attached hydrogen (secondary N) is 1. The van der Waals surface area contributed by atoms with Gasteiger partial charge >= 0.3 is 0 Å². The first-order valence-corrected chi connectivity index (χ1v) is 8.14. The predicted molar refractivity (Wildman–Crippen MR) is 81.3 cm³/mol. The van der Waals surface area contributed by atoms with Crippen LogP contribution in [0.25, 0.3) is 0 Å². The van der Waals surface area contributed by atoms with Crippen LogP contribution in [0.15, 0.2) is 24.3 Å². The van der Waals surface area contributed by atoms with E-state index in [1.165, 1.54) is 38.6 Å². The average molecular weight is 272 g/mol. The second kappa shape index (κ2) is 5.28. The highest BCUT2D eigenvalue weighted by Crippen LogP contribution is 2.37. The highest BCUT2D eigenvalue weighted by molar-refractivity contribution is 5.57. The Kier molecular flexibility index (Phi) is 3.31. The van der Waals surface area contributed by atoms with Gasteiger partial charge in [-0.1, -0.05) is 25.0 Å². The number of fused-ring (bicyclic) bond motifs is 2. The van der Waals surface area contributed by atoms with Gasteiger partial charge in [-0.25, -0.2) is 0 Å². The minimum Gasteiger partial charge on any atom is -0.485 e. The molecule has 1 saturated heterocycles. The van der Waals surface area contributed by atoms with Crippen molar-refractivity contribution in [2.75, 3.05) is 25.0 Å². The molecular weight excluding hydrogens is 248 g/mol. The summed E-state index contributed by atoms with van der Waals surface area (Å²) in [6.45, 7) is 3.30. The topological polar surface area (TPSA) is 24.5 Å². The van der Waals surface area contributed by atoms with Crippen LogP contribution in [0.2, 0.25) is 0 Å². The first kappa shape index (κ1) is 12.5. The van der Waals surface area contributed by atoms with Gasteiger partial charge < -0.3 is 10.1 Å². The zero-order valence-corrected chi connectivity index (χ0v) is 12.1. The van der Waals surface area contributed by atoms with E-state index >= 15 is 0 Å². The fraction of sp³-hybridized carbons (Fsp3) is 0.647. The van der Waals surface area contributed by atoms with Gasteiger partial charge in [-0.3, -0.25) is 4.90 Å². The second-order valence-electron chi connectivity index (χ2n) is 6.51. The predicted octanol–water partition coefficient (Wildman–Crippen LogP) is 3.12. The molecule has 3 nitrogen and oxygen atoms in total. The highest BCUT2D eigenvalue weighted by Gasteiger charge is 2.37. The van der Waals surface area contributed by atoms with Crippen molar-refractivity contribution in [3.8, 4) is 5.75 Å². The normalized spacial score (nSPS) is 32.9. The van der Waals surface area contributed by atoms with E-state index in [2.05, 4.69) is 34.5 Å². The van der Waals surface area contributed by atoms with Gasteiger partial charge in [0.25, 0.3) is 0 Å². The van der Waals surface area contributed by atoms with Crippen LogP contribution < -0.4 is 10.1 Å². The van der Waals surface area contributed by atoms with E-state index in [4.69, 9.17) is 4.74 Å². The van der Waals surface area contributed by atoms with Crippen molar-refractivity contribution >= 4 is 5.69 Å². The summed E-state index contributed by atoms with van der Waals surface area (Å²) >= 11 is 0. The lowest BCUT2D eigenvalue weighted by atomic mass is 9.85. The molecule has 2 heterocycles. The Morgan fingerprint density at radius 1 is 1.15 bits per heavy atom.